The predicted molar refractivity (Wildman–Crippen MR) is 156 cm³/mol. The highest BCUT2D eigenvalue weighted by Crippen LogP contribution is 2.34. The van der Waals surface area contributed by atoms with Crippen molar-refractivity contribution in [1.29, 1.82) is 0 Å². The van der Waals surface area contributed by atoms with Gasteiger partial charge in [0.05, 0.1) is 7.14 Å². The Balaban J connectivity index is 1.78. The van der Waals surface area contributed by atoms with E-state index in [4.69, 9.17) is 9.47 Å². The number of nitrogens with one attached hydrogen (secondary N) is 3. The number of rotatable bonds is 7. The number of alkyl carbamates (subject to hydrolysis) is 1. The molecule has 0 spiro atoms. The Morgan fingerprint density at radius 3 is 2.44 bits per heavy atom. The van der Waals surface area contributed by atoms with Crippen LogP contribution in [0.15, 0.2) is 30.3 Å². The molecule has 1 saturated heterocycles. The van der Waals surface area contributed by atoms with Gasteiger partial charge in [-0.2, -0.15) is 0 Å². The molecule has 3 rings (SSSR count). The Morgan fingerprint density at radius 1 is 1.14 bits per heavy atom. The number of piperidine rings is 1. The first-order valence-electron chi connectivity index (χ1n) is 11.9. The fraction of sp³-hybridized carbons (Fsp3) is 0.462. The van der Waals surface area contributed by atoms with Crippen molar-refractivity contribution in [2.45, 2.75) is 64.6 Å². The van der Waals surface area contributed by atoms with Gasteiger partial charge in [0.25, 0.3) is 0 Å². The summed E-state index contributed by atoms with van der Waals surface area (Å²) >= 11 is 4.26. The second kappa shape index (κ2) is 12.6. The van der Waals surface area contributed by atoms with E-state index in [0.717, 1.165) is 40.6 Å². The van der Waals surface area contributed by atoms with Crippen LogP contribution in [0.5, 0.6) is 17.2 Å². The van der Waals surface area contributed by atoms with Crippen LogP contribution in [0.25, 0.3) is 0 Å². The van der Waals surface area contributed by atoms with Crippen LogP contribution in [0.1, 0.15) is 44.7 Å². The fourth-order valence-corrected chi connectivity index (χ4v) is 5.30. The molecular formula is C26H33I2N3O5. The number of phenols is 1. The van der Waals surface area contributed by atoms with Crippen molar-refractivity contribution in [3.63, 3.8) is 0 Å². The first-order chi connectivity index (χ1) is 16.9. The van der Waals surface area contributed by atoms with E-state index >= 15 is 0 Å². The maximum atomic E-state index is 13.2. The Morgan fingerprint density at radius 2 is 1.83 bits per heavy atom. The van der Waals surface area contributed by atoms with Crippen molar-refractivity contribution in [3.05, 3.63) is 48.6 Å². The van der Waals surface area contributed by atoms with Crippen molar-refractivity contribution in [3.8, 4) is 17.2 Å². The van der Waals surface area contributed by atoms with Crippen LogP contribution in [0.2, 0.25) is 0 Å². The third-order valence-electron chi connectivity index (χ3n) is 5.56. The van der Waals surface area contributed by atoms with Gasteiger partial charge in [0, 0.05) is 12.5 Å². The Labute approximate surface area is 239 Å². The van der Waals surface area contributed by atoms with Gasteiger partial charge >= 0.3 is 6.09 Å². The molecule has 2 amide bonds. The molecule has 10 heteroatoms. The average molecular weight is 721 g/mol. The smallest absolute Gasteiger partial charge is 0.408 e. The van der Waals surface area contributed by atoms with Gasteiger partial charge in [0.1, 0.15) is 28.9 Å². The lowest BCUT2D eigenvalue weighted by molar-refractivity contribution is -0.124. The monoisotopic (exact) mass is 721 g/mol. The van der Waals surface area contributed by atoms with Gasteiger partial charge in [-0.15, -0.1) is 0 Å². The van der Waals surface area contributed by atoms with Crippen LogP contribution in [0.4, 0.5) is 4.79 Å². The summed E-state index contributed by atoms with van der Waals surface area (Å²) in [6, 6.07) is 8.29. The number of carbonyl (C=O) groups is 2. The van der Waals surface area contributed by atoms with Gasteiger partial charge in [0.2, 0.25) is 5.91 Å². The first-order valence-corrected chi connectivity index (χ1v) is 14.0. The number of ether oxygens (including phenoxy) is 2. The van der Waals surface area contributed by atoms with Crippen molar-refractivity contribution in [2.24, 2.45) is 0 Å². The molecule has 1 aliphatic heterocycles. The molecule has 2 aromatic rings. The van der Waals surface area contributed by atoms with E-state index in [1.807, 2.05) is 19.1 Å². The number of carbonyl (C=O) groups excluding carboxylic acids is 2. The van der Waals surface area contributed by atoms with Crippen LogP contribution >= 0.6 is 45.2 Å². The predicted octanol–water partition coefficient (Wildman–Crippen LogP) is 5.01. The van der Waals surface area contributed by atoms with Crippen LogP contribution < -0.4 is 20.7 Å². The molecule has 0 radical (unpaired) electrons. The van der Waals surface area contributed by atoms with Crippen molar-refractivity contribution >= 4 is 57.2 Å². The lowest BCUT2D eigenvalue weighted by Crippen LogP contribution is -2.53. The quantitative estimate of drug-likeness (QED) is 0.300. The van der Waals surface area contributed by atoms with E-state index in [1.165, 1.54) is 0 Å². The Hall–Kier alpha value is -1.80. The maximum absolute atomic E-state index is 13.2. The minimum Gasteiger partial charge on any atom is -0.507 e. The summed E-state index contributed by atoms with van der Waals surface area (Å²) in [6.07, 6.45) is 1.39. The van der Waals surface area contributed by atoms with Crippen LogP contribution in [-0.4, -0.2) is 47.9 Å². The van der Waals surface area contributed by atoms with Crippen molar-refractivity contribution < 1.29 is 24.2 Å². The highest BCUT2D eigenvalue weighted by molar-refractivity contribution is 14.1. The second-order valence-corrected chi connectivity index (χ2v) is 12.2. The van der Waals surface area contributed by atoms with Gasteiger partial charge in [-0.3, -0.25) is 4.79 Å². The van der Waals surface area contributed by atoms with Crippen molar-refractivity contribution in [1.82, 2.24) is 16.0 Å². The SMILES string of the molecule is Cc1cc(C[C@H](NC(=O)OC(C)(C)C)C(=O)NC2CCNCC2)cc(I)c1Oc1ccc(O)c(I)c1. The van der Waals surface area contributed by atoms with E-state index in [9.17, 15) is 14.7 Å². The molecule has 0 bridgehead atoms. The molecule has 4 N–H and O–H groups in total. The molecule has 1 heterocycles. The summed E-state index contributed by atoms with van der Waals surface area (Å²) in [5, 5.41) is 18.9. The van der Waals surface area contributed by atoms with Crippen LogP contribution in [0.3, 0.4) is 0 Å². The number of aromatic hydroxyl groups is 1. The van der Waals surface area contributed by atoms with Gasteiger partial charge in [-0.1, -0.05) is 6.07 Å². The normalized spacial score (nSPS) is 15.2. The zero-order valence-electron chi connectivity index (χ0n) is 20.9. The van der Waals surface area contributed by atoms with E-state index in [-0.39, 0.29) is 17.7 Å². The summed E-state index contributed by atoms with van der Waals surface area (Å²) in [6.45, 7) is 9.02. The number of aryl methyl sites for hydroxylation is 1. The summed E-state index contributed by atoms with van der Waals surface area (Å²) in [5.41, 5.74) is 1.12. The van der Waals surface area contributed by atoms with Gasteiger partial charge < -0.3 is 30.5 Å². The maximum Gasteiger partial charge on any atom is 0.408 e. The number of amides is 2. The van der Waals surface area contributed by atoms with E-state index in [1.54, 1.807) is 39.0 Å². The van der Waals surface area contributed by atoms with Gasteiger partial charge in [-0.05, 0) is 134 Å². The van der Waals surface area contributed by atoms with Gasteiger partial charge in [0.15, 0.2) is 0 Å². The highest BCUT2D eigenvalue weighted by Gasteiger charge is 2.27. The van der Waals surface area contributed by atoms with E-state index in [0.29, 0.717) is 21.5 Å². The third-order valence-corrected chi connectivity index (χ3v) is 7.23. The third kappa shape index (κ3) is 8.65. The molecule has 36 heavy (non-hydrogen) atoms. The zero-order valence-corrected chi connectivity index (χ0v) is 25.2. The van der Waals surface area contributed by atoms with Crippen molar-refractivity contribution in [2.75, 3.05) is 13.1 Å². The summed E-state index contributed by atoms with van der Waals surface area (Å²) < 4.78 is 13.1. The standard InChI is InChI=1S/C26H33I2N3O5/c1-15-11-16(12-20(28)23(15)35-18-5-6-22(32)19(27)14-18)13-21(31-25(34)36-26(2,3)4)24(33)30-17-7-9-29-10-8-17/h5-6,11-12,14,17,21,29,32H,7-10,13H2,1-4H3,(H,30,33)(H,31,34)/t21-/m0/s1. The second-order valence-electron chi connectivity index (χ2n) is 9.87. The highest BCUT2D eigenvalue weighted by atomic mass is 127. The lowest BCUT2D eigenvalue weighted by Gasteiger charge is -2.27. The topological polar surface area (TPSA) is 109 Å². The Kier molecular flexibility index (Phi) is 10.1. The number of benzene rings is 2. The van der Waals surface area contributed by atoms with E-state index in [2.05, 4.69) is 61.1 Å². The summed E-state index contributed by atoms with van der Waals surface area (Å²) in [4.78, 5) is 25.7. The summed E-state index contributed by atoms with van der Waals surface area (Å²) in [7, 11) is 0. The average Bonchev–Trinajstić information content (AvgIpc) is 2.77. The first kappa shape index (κ1) is 28.8. The minimum atomic E-state index is -0.782. The molecule has 0 aromatic heterocycles. The summed E-state index contributed by atoms with van der Waals surface area (Å²) in [5.74, 6) is 1.31. The molecule has 1 aliphatic rings. The van der Waals surface area contributed by atoms with Crippen LogP contribution in [-0.2, 0) is 16.0 Å². The van der Waals surface area contributed by atoms with Gasteiger partial charge in [-0.25, -0.2) is 4.79 Å². The van der Waals surface area contributed by atoms with E-state index < -0.39 is 17.7 Å². The molecule has 0 saturated carbocycles. The largest absolute Gasteiger partial charge is 0.507 e. The van der Waals surface area contributed by atoms with Crippen LogP contribution in [0, 0.1) is 14.1 Å². The molecule has 0 aliphatic carbocycles. The Bertz CT molecular complexity index is 1070. The molecule has 1 fully saturated rings. The fourth-order valence-electron chi connectivity index (χ4n) is 3.88. The molecular weight excluding hydrogens is 688 g/mol. The lowest BCUT2D eigenvalue weighted by atomic mass is 10.0. The molecule has 0 unspecified atom stereocenters. The molecule has 8 nitrogen and oxygen atoms in total. The number of hydrogen-bond donors (Lipinski definition) is 4. The zero-order chi connectivity index (χ0) is 26.5. The minimum absolute atomic E-state index is 0.0763. The number of halogens is 2. The molecule has 1 atom stereocenters. The molecule has 196 valence electrons. The number of hydrogen-bond acceptors (Lipinski definition) is 6. The molecule has 2 aromatic carbocycles. The number of phenolic OH excluding ortho intramolecular Hbond substituents is 1.